The second kappa shape index (κ2) is 12.1. The maximum Gasteiger partial charge on any atom is 0.224 e. The summed E-state index contributed by atoms with van der Waals surface area (Å²) in [7, 11) is 0. The van der Waals surface area contributed by atoms with Crippen molar-refractivity contribution in [2.24, 2.45) is 17.8 Å². The van der Waals surface area contributed by atoms with Crippen LogP contribution in [0.1, 0.15) is 52.0 Å². The molecule has 0 bridgehead atoms. The number of hydrogen-bond acceptors (Lipinski definition) is 4. The van der Waals surface area contributed by atoms with Crippen LogP contribution in [0.4, 0.5) is 0 Å². The zero-order chi connectivity index (χ0) is 21.2. The van der Waals surface area contributed by atoms with Crippen LogP contribution in [0.3, 0.4) is 0 Å². The van der Waals surface area contributed by atoms with Gasteiger partial charge in [0.1, 0.15) is 5.78 Å². The Kier molecular flexibility index (Phi) is 9.82. The van der Waals surface area contributed by atoms with E-state index in [1.807, 2.05) is 24.8 Å². The number of ketones is 1. The SMILES string of the molecule is CC(C)C(=O)CCOCCOCCC(=O)N1CC([C@@H](c2ccccc2)C(C)C)C1. The molecule has 5 nitrogen and oxygen atoms in total. The molecule has 0 radical (unpaired) electrons. The van der Waals surface area contributed by atoms with Gasteiger partial charge < -0.3 is 14.4 Å². The molecule has 1 aliphatic rings. The number of benzene rings is 1. The van der Waals surface area contributed by atoms with Gasteiger partial charge in [-0.3, -0.25) is 9.59 Å². The highest BCUT2D eigenvalue weighted by molar-refractivity contribution is 5.80. The number of nitrogens with zero attached hydrogens (tertiary/aromatic N) is 1. The molecule has 29 heavy (non-hydrogen) atoms. The van der Waals surface area contributed by atoms with Gasteiger partial charge in [0.2, 0.25) is 5.91 Å². The molecule has 0 aliphatic carbocycles. The van der Waals surface area contributed by atoms with Crippen LogP contribution >= 0.6 is 0 Å². The fourth-order valence-corrected chi connectivity index (χ4v) is 3.92. The molecule has 1 fully saturated rings. The highest BCUT2D eigenvalue weighted by Gasteiger charge is 2.37. The normalized spacial score (nSPS) is 15.6. The molecule has 1 aliphatic heterocycles. The number of rotatable bonds is 13. The summed E-state index contributed by atoms with van der Waals surface area (Å²) in [6, 6.07) is 10.6. The molecule has 1 amide bonds. The molecular weight excluding hydrogens is 366 g/mol. The van der Waals surface area contributed by atoms with Gasteiger partial charge in [-0.1, -0.05) is 58.0 Å². The molecule has 0 saturated carbocycles. The quantitative estimate of drug-likeness (QED) is 0.469. The van der Waals surface area contributed by atoms with Crippen molar-refractivity contribution in [1.29, 1.82) is 0 Å². The summed E-state index contributed by atoms with van der Waals surface area (Å²) in [4.78, 5) is 25.8. The van der Waals surface area contributed by atoms with Crippen LogP contribution in [0.2, 0.25) is 0 Å². The van der Waals surface area contributed by atoms with Gasteiger partial charge in [0.05, 0.1) is 32.8 Å². The molecule has 1 aromatic carbocycles. The molecule has 0 aromatic heterocycles. The zero-order valence-corrected chi connectivity index (χ0v) is 18.4. The Morgan fingerprint density at radius 3 is 2.07 bits per heavy atom. The molecule has 1 saturated heterocycles. The summed E-state index contributed by atoms with van der Waals surface area (Å²) in [5.41, 5.74) is 1.37. The maximum atomic E-state index is 12.4. The van der Waals surface area contributed by atoms with Crippen LogP contribution in [0.5, 0.6) is 0 Å². The van der Waals surface area contributed by atoms with E-state index in [1.54, 1.807) is 0 Å². The van der Waals surface area contributed by atoms with Crippen molar-refractivity contribution in [3.63, 3.8) is 0 Å². The lowest BCUT2D eigenvalue weighted by molar-refractivity contribution is -0.139. The predicted octanol–water partition coefficient (Wildman–Crippen LogP) is 3.92. The van der Waals surface area contributed by atoms with Gasteiger partial charge in [0, 0.05) is 31.3 Å². The Morgan fingerprint density at radius 2 is 1.52 bits per heavy atom. The minimum atomic E-state index is 0.0606. The highest BCUT2D eigenvalue weighted by Crippen LogP contribution is 2.37. The van der Waals surface area contributed by atoms with Crippen molar-refractivity contribution >= 4 is 11.7 Å². The van der Waals surface area contributed by atoms with Crippen LogP contribution in [0.25, 0.3) is 0 Å². The Morgan fingerprint density at radius 1 is 0.931 bits per heavy atom. The molecule has 1 atom stereocenters. The van der Waals surface area contributed by atoms with E-state index in [-0.39, 0.29) is 17.6 Å². The van der Waals surface area contributed by atoms with Crippen molar-refractivity contribution in [3.05, 3.63) is 35.9 Å². The third-order valence-electron chi connectivity index (χ3n) is 5.64. The minimum absolute atomic E-state index is 0.0606. The lowest BCUT2D eigenvalue weighted by Crippen LogP contribution is -2.53. The fourth-order valence-electron chi connectivity index (χ4n) is 3.92. The monoisotopic (exact) mass is 403 g/mol. The summed E-state index contributed by atoms with van der Waals surface area (Å²) in [5, 5.41) is 0. The lowest BCUT2D eigenvalue weighted by Gasteiger charge is -2.45. The molecule has 0 N–H and O–H groups in total. The van der Waals surface area contributed by atoms with E-state index >= 15 is 0 Å². The number of hydrogen-bond donors (Lipinski definition) is 0. The summed E-state index contributed by atoms with van der Waals surface area (Å²) >= 11 is 0. The Labute approximate surface area is 175 Å². The second-order valence-electron chi connectivity index (χ2n) is 8.59. The first kappa shape index (κ1) is 23.6. The average Bonchev–Trinajstić information content (AvgIpc) is 2.66. The lowest BCUT2D eigenvalue weighted by atomic mass is 9.74. The topological polar surface area (TPSA) is 55.8 Å². The standard InChI is InChI=1S/C24H37NO4/c1-18(2)22(26)10-12-28-14-15-29-13-11-23(27)25-16-21(17-25)24(19(3)4)20-8-6-5-7-9-20/h5-9,18-19,21,24H,10-17H2,1-4H3/t24-/m1/s1. The largest absolute Gasteiger partial charge is 0.379 e. The Hall–Kier alpha value is -1.72. The molecule has 0 spiro atoms. The van der Waals surface area contributed by atoms with E-state index in [0.29, 0.717) is 57.0 Å². The van der Waals surface area contributed by atoms with E-state index in [0.717, 1.165) is 13.1 Å². The summed E-state index contributed by atoms with van der Waals surface area (Å²) in [6.07, 6.45) is 0.864. The van der Waals surface area contributed by atoms with Crippen molar-refractivity contribution in [2.75, 3.05) is 39.5 Å². The maximum absolute atomic E-state index is 12.4. The highest BCUT2D eigenvalue weighted by atomic mass is 16.5. The number of Topliss-reactive ketones (excluding diaryl/α,β-unsaturated/α-hetero) is 1. The van der Waals surface area contributed by atoms with Crippen molar-refractivity contribution in [3.8, 4) is 0 Å². The molecule has 5 heteroatoms. The second-order valence-corrected chi connectivity index (χ2v) is 8.59. The number of ether oxygens (including phenoxy) is 2. The zero-order valence-electron chi connectivity index (χ0n) is 18.4. The number of amides is 1. The van der Waals surface area contributed by atoms with E-state index in [2.05, 4.69) is 38.1 Å². The van der Waals surface area contributed by atoms with Gasteiger partial charge in [-0.15, -0.1) is 0 Å². The number of likely N-dealkylation sites (tertiary alicyclic amines) is 1. The first-order valence-corrected chi connectivity index (χ1v) is 10.9. The fraction of sp³-hybridized carbons (Fsp3) is 0.667. The number of carbonyl (C=O) groups excluding carboxylic acids is 2. The van der Waals surface area contributed by atoms with Crippen molar-refractivity contribution < 1.29 is 19.1 Å². The van der Waals surface area contributed by atoms with Crippen molar-refractivity contribution in [1.82, 2.24) is 4.90 Å². The van der Waals surface area contributed by atoms with Crippen LogP contribution in [-0.2, 0) is 19.1 Å². The van der Waals surface area contributed by atoms with Crippen LogP contribution in [0.15, 0.2) is 30.3 Å². The first-order chi connectivity index (χ1) is 13.9. The smallest absolute Gasteiger partial charge is 0.224 e. The van der Waals surface area contributed by atoms with E-state index < -0.39 is 0 Å². The predicted molar refractivity (Wildman–Crippen MR) is 115 cm³/mol. The third-order valence-corrected chi connectivity index (χ3v) is 5.64. The van der Waals surface area contributed by atoms with Crippen LogP contribution in [-0.4, -0.2) is 56.1 Å². The summed E-state index contributed by atoms with van der Waals surface area (Å²) in [6.45, 7) is 11.8. The third kappa shape index (κ3) is 7.56. The van der Waals surface area contributed by atoms with E-state index in [9.17, 15) is 9.59 Å². The molecule has 2 rings (SSSR count). The molecular formula is C24H37NO4. The van der Waals surface area contributed by atoms with Crippen LogP contribution in [0, 0.1) is 17.8 Å². The molecule has 1 aromatic rings. The van der Waals surface area contributed by atoms with Gasteiger partial charge in [-0.25, -0.2) is 0 Å². The van der Waals surface area contributed by atoms with Gasteiger partial charge in [-0.05, 0) is 17.4 Å². The van der Waals surface area contributed by atoms with Crippen LogP contribution < -0.4 is 0 Å². The number of carbonyl (C=O) groups is 2. The summed E-state index contributed by atoms with van der Waals surface area (Å²) in [5.74, 6) is 2.03. The molecule has 1 heterocycles. The van der Waals surface area contributed by atoms with Gasteiger partial charge in [0.15, 0.2) is 0 Å². The Balaban J connectivity index is 1.57. The van der Waals surface area contributed by atoms with E-state index in [1.165, 1.54) is 5.56 Å². The van der Waals surface area contributed by atoms with Crippen molar-refractivity contribution in [2.45, 2.75) is 46.5 Å². The van der Waals surface area contributed by atoms with E-state index in [4.69, 9.17) is 9.47 Å². The van der Waals surface area contributed by atoms with Gasteiger partial charge in [-0.2, -0.15) is 0 Å². The van der Waals surface area contributed by atoms with Gasteiger partial charge >= 0.3 is 0 Å². The van der Waals surface area contributed by atoms with Gasteiger partial charge in [0.25, 0.3) is 0 Å². The molecule has 162 valence electrons. The summed E-state index contributed by atoms with van der Waals surface area (Å²) < 4.78 is 10.9. The Bertz CT molecular complexity index is 623. The first-order valence-electron chi connectivity index (χ1n) is 10.9. The minimum Gasteiger partial charge on any atom is -0.379 e. The molecule has 0 unspecified atom stereocenters. The average molecular weight is 404 g/mol.